The number of nitrogen functional groups attached to an aromatic ring is 1. The predicted octanol–water partition coefficient (Wildman–Crippen LogP) is -1.01. The van der Waals surface area contributed by atoms with Gasteiger partial charge >= 0.3 is 5.69 Å². The zero-order valence-corrected chi connectivity index (χ0v) is 19.4. The Morgan fingerprint density at radius 3 is 2.37 bits per heavy atom. The van der Waals surface area contributed by atoms with Gasteiger partial charge in [0.2, 0.25) is 0 Å². The van der Waals surface area contributed by atoms with E-state index in [1.165, 1.54) is 12.3 Å². The summed E-state index contributed by atoms with van der Waals surface area (Å²) in [6.45, 7) is -0.729. The SMILES string of the molecule is Nc1ccn([C@@H]2CS[C@H](COP(=O)([O-])OP(=O)([O-])OP(=O)([O-])O)O2)c(=O)n1.[NH4+].[NH4+].[NH4+]. The number of ether oxygens (including phenoxy) is 1. The molecule has 1 aliphatic heterocycles. The molecule has 15 N–H and O–H groups in total. The van der Waals surface area contributed by atoms with E-state index in [1.54, 1.807) is 0 Å². The molecule has 0 aliphatic carbocycles. The standard InChI is InChI=1S/C8H14N3O12P3S.3H3N/c9-5-1-2-11(8(12)10-5)6-4-27-7(21-6)3-20-25(16,17)23-26(18,19)22-24(13,14)15;;;/h1-2,6-7H,3-4H2,(H,16,17)(H,18,19)(H2,9,10,12)(H2,13,14,15);3*1H3/t6-,7+;;;/m0.../s1. The number of quaternary nitrogens is 3. The van der Waals surface area contributed by atoms with E-state index in [0.29, 0.717) is 0 Å². The first-order valence-electron chi connectivity index (χ1n) is 6.61. The van der Waals surface area contributed by atoms with Gasteiger partial charge in [-0.15, -0.1) is 11.8 Å². The van der Waals surface area contributed by atoms with Crippen LogP contribution in [-0.2, 0) is 31.6 Å². The van der Waals surface area contributed by atoms with Crippen LogP contribution in [0.25, 0.3) is 0 Å². The van der Waals surface area contributed by atoms with Crippen molar-refractivity contribution in [2.75, 3.05) is 18.1 Å². The molecule has 3 unspecified atom stereocenters. The summed E-state index contributed by atoms with van der Waals surface area (Å²) in [6, 6.07) is 1.35. The van der Waals surface area contributed by atoms with Crippen molar-refractivity contribution in [3.05, 3.63) is 22.7 Å². The van der Waals surface area contributed by atoms with Crippen molar-refractivity contribution in [2.24, 2.45) is 0 Å². The van der Waals surface area contributed by atoms with E-state index in [-0.39, 0.29) is 30.0 Å². The number of hydrogen-bond donors (Lipinski definition) is 5. The Morgan fingerprint density at radius 1 is 1.23 bits per heavy atom. The third-order valence-electron chi connectivity index (χ3n) is 2.67. The van der Waals surface area contributed by atoms with Crippen molar-refractivity contribution in [3.63, 3.8) is 0 Å². The van der Waals surface area contributed by atoms with Crippen LogP contribution < -0.4 is 44.6 Å². The molecule has 22 heteroatoms. The van der Waals surface area contributed by atoms with E-state index in [9.17, 15) is 33.2 Å². The average Bonchev–Trinajstić information content (AvgIpc) is 2.90. The van der Waals surface area contributed by atoms with Crippen LogP contribution >= 0.6 is 35.2 Å². The van der Waals surface area contributed by atoms with Crippen molar-refractivity contribution >= 4 is 41.0 Å². The fourth-order valence-electron chi connectivity index (χ4n) is 1.76. The highest BCUT2D eigenvalue weighted by Gasteiger charge is 2.31. The third-order valence-corrected chi connectivity index (χ3v) is 7.45. The van der Waals surface area contributed by atoms with Crippen LogP contribution in [0.2, 0.25) is 0 Å². The van der Waals surface area contributed by atoms with Crippen LogP contribution in [0, 0.1) is 0 Å². The second-order valence-corrected chi connectivity index (χ2v) is 10.2. The van der Waals surface area contributed by atoms with Gasteiger partial charge in [-0.05, 0) is 6.07 Å². The molecule has 1 saturated heterocycles. The number of aromatic nitrogens is 2. The van der Waals surface area contributed by atoms with Crippen molar-refractivity contribution < 1.29 is 51.2 Å². The van der Waals surface area contributed by atoms with Crippen LogP contribution in [0.15, 0.2) is 17.1 Å². The number of phosphoric acid groups is 3. The van der Waals surface area contributed by atoms with Crippen LogP contribution in [0.3, 0.4) is 0 Å². The number of thioether (sulfide) groups is 1. The van der Waals surface area contributed by atoms with Crippen LogP contribution in [0.4, 0.5) is 5.82 Å². The highest BCUT2D eigenvalue weighted by atomic mass is 32.2. The van der Waals surface area contributed by atoms with Gasteiger partial charge in [0.1, 0.15) is 17.5 Å². The Balaban J connectivity index is 0. The van der Waals surface area contributed by atoms with E-state index in [1.807, 2.05) is 0 Å². The molecule has 0 saturated carbocycles. The first kappa shape index (κ1) is 31.5. The van der Waals surface area contributed by atoms with Gasteiger partial charge in [-0.1, -0.05) is 0 Å². The highest BCUT2D eigenvalue weighted by Crippen LogP contribution is 2.61. The number of rotatable bonds is 8. The molecule has 2 rings (SSSR count). The Hall–Kier alpha value is -0.720. The van der Waals surface area contributed by atoms with Crippen LogP contribution in [0.5, 0.6) is 0 Å². The predicted molar refractivity (Wildman–Crippen MR) is 100 cm³/mol. The van der Waals surface area contributed by atoms with Gasteiger partial charge in [-0.25, -0.2) is 13.4 Å². The summed E-state index contributed by atoms with van der Waals surface area (Å²) in [4.78, 5) is 56.3. The molecule has 2 heterocycles. The summed E-state index contributed by atoms with van der Waals surface area (Å²) in [6.07, 6.45) is 0.507. The quantitative estimate of drug-likeness (QED) is 0.256. The van der Waals surface area contributed by atoms with Gasteiger partial charge in [0.25, 0.3) is 23.5 Å². The van der Waals surface area contributed by atoms with Gasteiger partial charge in [0, 0.05) is 11.9 Å². The Bertz CT molecular complexity index is 895. The zero-order valence-electron chi connectivity index (χ0n) is 15.9. The maximum atomic E-state index is 11.7. The fraction of sp³-hybridized carbons (Fsp3) is 0.500. The summed E-state index contributed by atoms with van der Waals surface area (Å²) >= 11 is 1.03. The summed E-state index contributed by atoms with van der Waals surface area (Å²) < 4.78 is 50.2. The Morgan fingerprint density at radius 2 is 1.83 bits per heavy atom. The van der Waals surface area contributed by atoms with Gasteiger partial charge in [-0.2, -0.15) is 4.98 Å². The lowest BCUT2D eigenvalue weighted by atomic mass is 10.5. The third kappa shape index (κ3) is 10.1. The number of nitrogens with zero attached hydrogens (tertiary/aromatic N) is 2. The smallest absolute Gasteiger partial charge is 0.351 e. The summed E-state index contributed by atoms with van der Waals surface area (Å²) in [5, 5.41) is 0. The number of nitrogens with two attached hydrogens (primary N) is 1. The van der Waals surface area contributed by atoms with Gasteiger partial charge < -0.3 is 53.0 Å². The maximum Gasteiger partial charge on any atom is 0.351 e. The first-order chi connectivity index (χ1) is 12.3. The van der Waals surface area contributed by atoms with Crippen LogP contribution in [0.1, 0.15) is 6.23 Å². The van der Waals surface area contributed by atoms with Gasteiger partial charge in [0.15, 0.2) is 0 Å². The lowest BCUT2D eigenvalue weighted by molar-refractivity contribution is -0.249. The fourth-order valence-corrected chi connectivity index (χ4v) is 5.74. The normalized spacial score (nSPS) is 24.1. The molecule has 1 fully saturated rings. The monoisotopic (exact) mass is 520 g/mol. The molecule has 5 atom stereocenters. The van der Waals surface area contributed by atoms with E-state index < -0.39 is 47.4 Å². The molecule has 178 valence electrons. The molecular weight excluding hydrogens is 497 g/mol. The van der Waals surface area contributed by atoms with Gasteiger partial charge in [0.05, 0.1) is 6.61 Å². The molecular formula is C8H23N6O12P3S. The van der Waals surface area contributed by atoms with E-state index in [0.717, 1.165) is 16.3 Å². The molecule has 1 aliphatic rings. The maximum absolute atomic E-state index is 11.7. The Labute approximate surface area is 173 Å². The molecule has 0 aromatic carbocycles. The van der Waals surface area contributed by atoms with E-state index in [4.69, 9.17) is 15.4 Å². The van der Waals surface area contributed by atoms with Crippen LogP contribution in [-0.4, -0.2) is 32.2 Å². The molecule has 1 aromatic rings. The lowest BCUT2D eigenvalue weighted by Crippen LogP contribution is -2.29. The second-order valence-electron chi connectivity index (χ2n) is 4.72. The molecule has 0 bridgehead atoms. The molecule has 18 nitrogen and oxygen atoms in total. The minimum atomic E-state index is -5.96. The van der Waals surface area contributed by atoms with E-state index in [2.05, 4.69) is 18.1 Å². The topological polar surface area (TPSA) is 348 Å². The number of anilines is 1. The second kappa shape index (κ2) is 11.8. The van der Waals surface area contributed by atoms with Crippen molar-refractivity contribution in [1.29, 1.82) is 0 Å². The zero-order chi connectivity index (χ0) is 20.5. The first-order valence-corrected chi connectivity index (χ1v) is 12.1. The summed E-state index contributed by atoms with van der Waals surface area (Å²) in [5.41, 5.74) is 3.71. The molecule has 0 radical (unpaired) electrons. The number of phosphoric ester groups is 1. The van der Waals surface area contributed by atoms with Crippen molar-refractivity contribution in [2.45, 2.75) is 11.7 Å². The molecule has 0 amide bonds. The minimum absolute atomic E-state index is 0. The highest BCUT2D eigenvalue weighted by molar-refractivity contribution is 8.00. The van der Waals surface area contributed by atoms with Crippen molar-refractivity contribution in [3.8, 4) is 0 Å². The summed E-state index contributed by atoms with van der Waals surface area (Å²) in [5.74, 6) is 0.206. The molecule has 0 spiro atoms. The summed E-state index contributed by atoms with van der Waals surface area (Å²) in [7, 11) is -17.3. The van der Waals surface area contributed by atoms with Gasteiger partial charge in [-0.3, -0.25) is 18.3 Å². The largest absolute Gasteiger partial charge is 0.756 e. The minimum Gasteiger partial charge on any atom is -0.756 e. The molecule has 1 aromatic heterocycles. The lowest BCUT2D eigenvalue weighted by Gasteiger charge is -2.32. The van der Waals surface area contributed by atoms with Crippen molar-refractivity contribution in [1.82, 2.24) is 28.0 Å². The molecule has 30 heavy (non-hydrogen) atoms. The average molecular weight is 520 g/mol. The van der Waals surface area contributed by atoms with E-state index >= 15 is 0 Å². The Kier molecular flexibility index (Phi) is 12.3. The number of hydrogen-bond acceptors (Lipinski definition) is 14.